The fraction of sp³-hybridized carbons (Fsp3) is 0.800. The van der Waals surface area contributed by atoms with Crippen LogP contribution in [0.25, 0.3) is 0 Å². The van der Waals surface area contributed by atoms with Crippen molar-refractivity contribution in [3.8, 4) is 0 Å². The highest BCUT2D eigenvalue weighted by atomic mass is 16.5. The van der Waals surface area contributed by atoms with Crippen molar-refractivity contribution in [3.63, 3.8) is 0 Å². The summed E-state index contributed by atoms with van der Waals surface area (Å²) in [4.78, 5) is 26.0. The summed E-state index contributed by atoms with van der Waals surface area (Å²) in [5.74, 6) is -0.516. The molecule has 56 heavy (non-hydrogen) atoms. The normalized spacial score (nSPS) is 13.7. The van der Waals surface area contributed by atoms with Gasteiger partial charge in [0, 0.05) is 6.42 Å². The molecule has 0 aliphatic heterocycles. The molecule has 0 aromatic rings. The molecule has 0 radical (unpaired) electrons. The summed E-state index contributed by atoms with van der Waals surface area (Å²) in [5, 5.41) is 23.7. The zero-order chi connectivity index (χ0) is 41.0. The van der Waals surface area contributed by atoms with E-state index in [1.807, 2.05) is 24.3 Å². The van der Waals surface area contributed by atoms with Crippen molar-refractivity contribution >= 4 is 11.9 Å². The molecular formula is C50H91NO5. The lowest BCUT2D eigenvalue weighted by Gasteiger charge is -2.24. The number of rotatable bonds is 42. The van der Waals surface area contributed by atoms with Gasteiger partial charge in [0.05, 0.1) is 25.2 Å². The lowest BCUT2D eigenvalue weighted by molar-refractivity contribution is -0.151. The average molecular weight is 786 g/mol. The number of carbonyl (C=O) groups excluding carboxylic acids is 2. The smallest absolute Gasteiger partial charge is 0.306 e. The molecule has 0 aliphatic rings. The van der Waals surface area contributed by atoms with E-state index in [9.17, 15) is 19.8 Å². The van der Waals surface area contributed by atoms with Crippen molar-refractivity contribution < 1.29 is 24.5 Å². The summed E-state index contributed by atoms with van der Waals surface area (Å²) in [6, 6.07) is -0.706. The number of esters is 1. The van der Waals surface area contributed by atoms with Gasteiger partial charge in [-0.25, -0.2) is 0 Å². The molecule has 0 bridgehead atoms. The lowest BCUT2D eigenvalue weighted by atomic mass is 10.0. The molecule has 0 saturated carbocycles. The molecule has 0 saturated heterocycles. The number of carbonyl (C=O) groups is 2. The fourth-order valence-electron chi connectivity index (χ4n) is 7.15. The summed E-state index contributed by atoms with van der Waals surface area (Å²) in [6.07, 6.45) is 51.6. The minimum absolute atomic E-state index is 0.0635. The summed E-state index contributed by atoms with van der Waals surface area (Å²) in [7, 11) is 0. The average Bonchev–Trinajstić information content (AvgIpc) is 3.19. The molecule has 1 amide bonds. The van der Waals surface area contributed by atoms with E-state index in [0.29, 0.717) is 19.3 Å². The maximum Gasteiger partial charge on any atom is 0.306 e. The van der Waals surface area contributed by atoms with Gasteiger partial charge in [0.2, 0.25) is 5.91 Å². The third-order valence-corrected chi connectivity index (χ3v) is 10.8. The van der Waals surface area contributed by atoms with Crippen LogP contribution in [0.4, 0.5) is 0 Å². The molecule has 0 fully saturated rings. The van der Waals surface area contributed by atoms with Gasteiger partial charge in [-0.05, 0) is 44.9 Å². The Morgan fingerprint density at radius 2 is 0.964 bits per heavy atom. The SMILES string of the molecule is CC/C=C/C=C/C=C\C=C/CCCCCC(=O)OC(CCCCCCCCCCCCCC)CC(=O)NC(CO)C(O)CCCCCCCCCCCCCC. The van der Waals surface area contributed by atoms with Crippen molar-refractivity contribution in [1.82, 2.24) is 5.32 Å². The Labute approximate surface area is 346 Å². The molecular weight excluding hydrogens is 695 g/mol. The van der Waals surface area contributed by atoms with Gasteiger partial charge < -0.3 is 20.3 Å². The molecule has 0 aromatic heterocycles. The third-order valence-electron chi connectivity index (χ3n) is 10.8. The Morgan fingerprint density at radius 3 is 1.45 bits per heavy atom. The quantitative estimate of drug-likeness (QED) is 0.0325. The van der Waals surface area contributed by atoms with Gasteiger partial charge in [0.25, 0.3) is 0 Å². The molecule has 0 rings (SSSR count). The van der Waals surface area contributed by atoms with E-state index in [1.165, 1.54) is 116 Å². The Bertz CT molecular complexity index is 972. The lowest BCUT2D eigenvalue weighted by Crippen LogP contribution is -2.46. The Hall–Kier alpha value is -2.18. The first kappa shape index (κ1) is 53.8. The van der Waals surface area contributed by atoms with Gasteiger partial charge in [-0.2, -0.15) is 0 Å². The zero-order valence-corrected chi connectivity index (χ0v) is 37.0. The third kappa shape index (κ3) is 38.7. The number of nitrogens with one attached hydrogen (secondary N) is 1. The van der Waals surface area contributed by atoms with Crippen LogP contribution in [0.2, 0.25) is 0 Å². The number of hydrogen-bond donors (Lipinski definition) is 3. The second-order valence-corrected chi connectivity index (χ2v) is 16.2. The van der Waals surface area contributed by atoms with Crippen LogP contribution in [0.1, 0.15) is 233 Å². The number of aliphatic hydroxyl groups is 2. The highest BCUT2D eigenvalue weighted by Crippen LogP contribution is 2.18. The Morgan fingerprint density at radius 1 is 0.536 bits per heavy atom. The number of amides is 1. The van der Waals surface area contributed by atoms with Crippen LogP contribution >= 0.6 is 0 Å². The van der Waals surface area contributed by atoms with E-state index in [0.717, 1.165) is 70.6 Å². The minimum atomic E-state index is -0.792. The standard InChI is InChI=1S/C50H91NO5/c1-4-7-10-13-16-19-22-25-28-31-34-37-40-43-50(55)56-46(41-38-35-32-29-26-23-20-17-14-11-8-5-2)44-49(54)51-47(45-52)48(53)42-39-36-33-30-27-24-21-18-15-12-9-6-3/h7,10,13,16,19,22,25,28,46-48,52-53H,4-6,8-9,11-12,14-15,17-18,20-21,23-24,26-27,29-45H2,1-3H3,(H,51,54)/b10-7+,16-13+,22-19-,28-25-. The van der Waals surface area contributed by atoms with E-state index in [4.69, 9.17) is 4.74 Å². The number of allylic oxidation sites excluding steroid dienone is 8. The molecule has 3 N–H and O–H groups in total. The molecule has 6 nitrogen and oxygen atoms in total. The highest BCUT2D eigenvalue weighted by Gasteiger charge is 2.24. The van der Waals surface area contributed by atoms with Gasteiger partial charge in [-0.3, -0.25) is 9.59 Å². The van der Waals surface area contributed by atoms with E-state index < -0.39 is 18.2 Å². The van der Waals surface area contributed by atoms with Gasteiger partial charge in [0.1, 0.15) is 6.10 Å². The first-order valence-corrected chi connectivity index (χ1v) is 23.9. The Kier molecular flexibility index (Phi) is 42.2. The van der Waals surface area contributed by atoms with Crippen LogP contribution in [0.15, 0.2) is 48.6 Å². The van der Waals surface area contributed by atoms with Crippen LogP contribution in [-0.2, 0) is 14.3 Å². The molecule has 3 unspecified atom stereocenters. The second kappa shape index (κ2) is 43.9. The number of aliphatic hydroxyl groups excluding tert-OH is 2. The first-order valence-electron chi connectivity index (χ1n) is 23.9. The van der Waals surface area contributed by atoms with E-state index >= 15 is 0 Å². The predicted molar refractivity (Wildman–Crippen MR) is 241 cm³/mol. The minimum Gasteiger partial charge on any atom is -0.462 e. The van der Waals surface area contributed by atoms with Gasteiger partial charge >= 0.3 is 5.97 Å². The summed E-state index contributed by atoms with van der Waals surface area (Å²) < 4.78 is 5.89. The number of ether oxygens (including phenoxy) is 1. The van der Waals surface area contributed by atoms with E-state index in [2.05, 4.69) is 50.4 Å². The van der Waals surface area contributed by atoms with Crippen LogP contribution in [0, 0.1) is 0 Å². The molecule has 0 heterocycles. The number of hydrogen-bond acceptors (Lipinski definition) is 5. The predicted octanol–water partition coefficient (Wildman–Crippen LogP) is 13.9. The monoisotopic (exact) mass is 786 g/mol. The topological polar surface area (TPSA) is 95.9 Å². The zero-order valence-electron chi connectivity index (χ0n) is 37.0. The van der Waals surface area contributed by atoms with Crippen LogP contribution in [0.3, 0.4) is 0 Å². The van der Waals surface area contributed by atoms with Crippen molar-refractivity contribution in [2.75, 3.05) is 6.61 Å². The first-order chi connectivity index (χ1) is 27.5. The summed E-state index contributed by atoms with van der Waals surface area (Å²) in [6.45, 7) is 6.32. The van der Waals surface area contributed by atoms with Crippen molar-refractivity contribution in [2.45, 2.75) is 251 Å². The Balaban J connectivity index is 4.63. The molecule has 326 valence electrons. The maximum absolute atomic E-state index is 13.1. The van der Waals surface area contributed by atoms with Gasteiger partial charge in [0.15, 0.2) is 0 Å². The van der Waals surface area contributed by atoms with Gasteiger partial charge in [-0.1, -0.05) is 223 Å². The van der Waals surface area contributed by atoms with Crippen molar-refractivity contribution in [3.05, 3.63) is 48.6 Å². The summed E-state index contributed by atoms with van der Waals surface area (Å²) >= 11 is 0. The van der Waals surface area contributed by atoms with Crippen molar-refractivity contribution in [2.24, 2.45) is 0 Å². The van der Waals surface area contributed by atoms with E-state index in [-0.39, 0.29) is 24.9 Å². The van der Waals surface area contributed by atoms with Crippen LogP contribution < -0.4 is 5.32 Å². The van der Waals surface area contributed by atoms with Gasteiger partial charge in [-0.15, -0.1) is 0 Å². The summed E-state index contributed by atoms with van der Waals surface area (Å²) in [5.41, 5.74) is 0. The van der Waals surface area contributed by atoms with Crippen LogP contribution in [0.5, 0.6) is 0 Å². The molecule has 0 aromatic carbocycles. The second-order valence-electron chi connectivity index (χ2n) is 16.2. The molecule has 6 heteroatoms. The highest BCUT2D eigenvalue weighted by molar-refractivity contribution is 5.77. The number of unbranched alkanes of at least 4 members (excludes halogenated alkanes) is 25. The fourth-order valence-corrected chi connectivity index (χ4v) is 7.15. The molecule has 0 aliphatic carbocycles. The molecule has 0 spiro atoms. The maximum atomic E-state index is 13.1. The van der Waals surface area contributed by atoms with Crippen molar-refractivity contribution in [1.29, 1.82) is 0 Å². The molecule has 3 atom stereocenters. The van der Waals surface area contributed by atoms with E-state index in [1.54, 1.807) is 0 Å². The van der Waals surface area contributed by atoms with Crippen LogP contribution in [-0.4, -0.2) is 46.9 Å². The largest absolute Gasteiger partial charge is 0.462 e.